The summed E-state index contributed by atoms with van der Waals surface area (Å²) in [5, 5.41) is 0. The predicted octanol–water partition coefficient (Wildman–Crippen LogP) is 1.92. The van der Waals surface area contributed by atoms with Gasteiger partial charge < -0.3 is 5.73 Å². The lowest BCUT2D eigenvalue weighted by Gasteiger charge is -2.27. The average molecular weight is 222 g/mol. The number of hydrogen-bond acceptors (Lipinski definition) is 2. The molecule has 2 nitrogen and oxygen atoms in total. The van der Waals surface area contributed by atoms with Gasteiger partial charge in [-0.25, -0.2) is 0 Å². The molecule has 1 heterocycles. The molecule has 0 amide bonds. The zero-order chi connectivity index (χ0) is 11.5. The molecule has 2 N–H and O–H groups in total. The standard InChI is InChI=1S/C10H17F3N2/c1-8(14)2-5-15-6-3-9(4-7-15)10(11,12)13/h3,8H,2,4-7,14H2,1H3. The fourth-order valence-electron chi connectivity index (χ4n) is 1.56. The van der Waals surface area contributed by atoms with Gasteiger partial charge in [0.1, 0.15) is 0 Å². The smallest absolute Gasteiger partial charge is 0.328 e. The van der Waals surface area contributed by atoms with Crippen LogP contribution in [0, 0.1) is 0 Å². The molecule has 0 fully saturated rings. The van der Waals surface area contributed by atoms with Crippen molar-refractivity contribution in [3.05, 3.63) is 11.6 Å². The van der Waals surface area contributed by atoms with Gasteiger partial charge in [0, 0.05) is 24.7 Å². The van der Waals surface area contributed by atoms with Crippen LogP contribution in [0.4, 0.5) is 13.2 Å². The molecule has 1 aliphatic heterocycles. The van der Waals surface area contributed by atoms with E-state index in [1.165, 1.54) is 6.08 Å². The maximum Gasteiger partial charge on any atom is 0.412 e. The summed E-state index contributed by atoms with van der Waals surface area (Å²) in [6, 6.07) is 0.109. The van der Waals surface area contributed by atoms with Crippen molar-refractivity contribution in [3.63, 3.8) is 0 Å². The number of alkyl halides is 3. The van der Waals surface area contributed by atoms with Crippen molar-refractivity contribution in [2.75, 3.05) is 19.6 Å². The van der Waals surface area contributed by atoms with Gasteiger partial charge in [-0.15, -0.1) is 0 Å². The lowest BCUT2D eigenvalue weighted by Crippen LogP contribution is -2.34. The Bertz CT molecular complexity index is 233. The van der Waals surface area contributed by atoms with Crippen LogP contribution in [0.1, 0.15) is 19.8 Å². The first-order chi connectivity index (χ1) is 6.89. The summed E-state index contributed by atoms with van der Waals surface area (Å²) in [5.74, 6) is 0. The largest absolute Gasteiger partial charge is 0.412 e. The molecular formula is C10H17F3N2. The Morgan fingerprint density at radius 2 is 2.20 bits per heavy atom. The van der Waals surface area contributed by atoms with E-state index in [-0.39, 0.29) is 18.0 Å². The molecule has 0 aromatic carbocycles. The van der Waals surface area contributed by atoms with E-state index in [1.54, 1.807) is 0 Å². The Morgan fingerprint density at radius 1 is 1.53 bits per heavy atom. The van der Waals surface area contributed by atoms with Crippen molar-refractivity contribution in [2.24, 2.45) is 5.73 Å². The molecule has 0 radical (unpaired) electrons. The molecule has 5 heteroatoms. The van der Waals surface area contributed by atoms with Crippen molar-refractivity contribution in [1.82, 2.24) is 4.90 Å². The molecule has 1 atom stereocenters. The van der Waals surface area contributed by atoms with Crippen LogP contribution in [0.2, 0.25) is 0 Å². The van der Waals surface area contributed by atoms with Gasteiger partial charge in [-0.2, -0.15) is 13.2 Å². The monoisotopic (exact) mass is 222 g/mol. The SMILES string of the molecule is CC(N)CCN1CC=C(C(F)(F)F)CC1. The van der Waals surface area contributed by atoms with Crippen molar-refractivity contribution in [3.8, 4) is 0 Å². The lowest BCUT2D eigenvalue weighted by atomic mass is 10.1. The van der Waals surface area contributed by atoms with Crippen LogP contribution in [0.5, 0.6) is 0 Å². The molecular weight excluding hydrogens is 205 g/mol. The van der Waals surface area contributed by atoms with Gasteiger partial charge >= 0.3 is 6.18 Å². The summed E-state index contributed by atoms with van der Waals surface area (Å²) in [6.45, 7) is 3.56. The maximum absolute atomic E-state index is 12.3. The summed E-state index contributed by atoms with van der Waals surface area (Å²) in [7, 11) is 0. The van der Waals surface area contributed by atoms with Crippen molar-refractivity contribution >= 4 is 0 Å². The first kappa shape index (κ1) is 12.5. The minimum atomic E-state index is -4.15. The molecule has 88 valence electrons. The van der Waals surface area contributed by atoms with Gasteiger partial charge in [0.2, 0.25) is 0 Å². The number of halogens is 3. The van der Waals surface area contributed by atoms with E-state index < -0.39 is 6.18 Å². The topological polar surface area (TPSA) is 29.3 Å². The van der Waals surface area contributed by atoms with Crippen LogP contribution in [0.15, 0.2) is 11.6 Å². The fourth-order valence-corrected chi connectivity index (χ4v) is 1.56. The van der Waals surface area contributed by atoms with E-state index in [2.05, 4.69) is 0 Å². The molecule has 0 saturated carbocycles. The number of nitrogens with two attached hydrogens (primary N) is 1. The van der Waals surface area contributed by atoms with Gasteiger partial charge in [-0.1, -0.05) is 6.08 Å². The van der Waals surface area contributed by atoms with Gasteiger partial charge in [0.25, 0.3) is 0 Å². The van der Waals surface area contributed by atoms with Gasteiger partial charge in [0.05, 0.1) is 0 Å². The van der Waals surface area contributed by atoms with E-state index in [0.29, 0.717) is 13.1 Å². The summed E-state index contributed by atoms with van der Waals surface area (Å²) in [4.78, 5) is 2.00. The Labute approximate surface area is 87.9 Å². The second-order valence-corrected chi connectivity index (χ2v) is 4.04. The number of hydrogen-bond donors (Lipinski definition) is 1. The maximum atomic E-state index is 12.3. The molecule has 0 bridgehead atoms. The third-order valence-electron chi connectivity index (χ3n) is 2.56. The first-order valence-electron chi connectivity index (χ1n) is 5.14. The van der Waals surface area contributed by atoms with Crippen LogP contribution in [-0.4, -0.2) is 36.8 Å². The van der Waals surface area contributed by atoms with Crippen molar-refractivity contribution < 1.29 is 13.2 Å². The van der Waals surface area contributed by atoms with E-state index in [1.807, 2.05) is 11.8 Å². The van der Waals surface area contributed by atoms with Gasteiger partial charge in [0.15, 0.2) is 0 Å². The van der Waals surface area contributed by atoms with E-state index in [0.717, 1.165) is 13.0 Å². The van der Waals surface area contributed by atoms with Crippen LogP contribution in [0.25, 0.3) is 0 Å². The normalized spacial score (nSPS) is 21.3. The average Bonchev–Trinajstić information content (AvgIpc) is 2.14. The molecule has 1 aliphatic rings. The van der Waals surface area contributed by atoms with Crippen molar-refractivity contribution in [2.45, 2.75) is 32.0 Å². The summed E-state index contributed by atoms with van der Waals surface area (Å²) < 4.78 is 36.8. The Balaban J connectivity index is 2.38. The Morgan fingerprint density at radius 3 is 2.60 bits per heavy atom. The number of rotatable bonds is 3. The molecule has 0 spiro atoms. The zero-order valence-electron chi connectivity index (χ0n) is 8.85. The third-order valence-corrected chi connectivity index (χ3v) is 2.56. The highest BCUT2D eigenvalue weighted by Crippen LogP contribution is 2.29. The highest BCUT2D eigenvalue weighted by Gasteiger charge is 2.34. The van der Waals surface area contributed by atoms with Crippen molar-refractivity contribution in [1.29, 1.82) is 0 Å². The lowest BCUT2D eigenvalue weighted by molar-refractivity contribution is -0.0960. The highest BCUT2D eigenvalue weighted by atomic mass is 19.4. The van der Waals surface area contributed by atoms with E-state index >= 15 is 0 Å². The summed E-state index contributed by atoms with van der Waals surface area (Å²) >= 11 is 0. The van der Waals surface area contributed by atoms with Gasteiger partial charge in [-0.05, 0) is 26.3 Å². The Kier molecular flexibility index (Phi) is 4.16. The van der Waals surface area contributed by atoms with E-state index in [9.17, 15) is 13.2 Å². The zero-order valence-corrected chi connectivity index (χ0v) is 8.85. The van der Waals surface area contributed by atoms with Crippen LogP contribution < -0.4 is 5.73 Å². The minimum absolute atomic E-state index is 0.0997. The first-order valence-corrected chi connectivity index (χ1v) is 5.14. The molecule has 0 aromatic heterocycles. The highest BCUT2D eigenvalue weighted by molar-refractivity contribution is 5.12. The summed E-state index contributed by atoms with van der Waals surface area (Å²) in [6.07, 6.45) is -1.93. The predicted molar refractivity (Wildman–Crippen MR) is 53.5 cm³/mol. The molecule has 1 unspecified atom stereocenters. The van der Waals surface area contributed by atoms with Crippen LogP contribution in [0.3, 0.4) is 0 Å². The molecule has 0 aliphatic carbocycles. The van der Waals surface area contributed by atoms with Gasteiger partial charge in [-0.3, -0.25) is 4.90 Å². The molecule has 15 heavy (non-hydrogen) atoms. The minimum Gasteiger partial charge on any atom is -0.328 e. The fraction of sp³-hybridized carbons (Fsp3) is 0.800. The second kappa shape index (κ2) is 4.99. The number of nitrogens with zero attached hydrogens (tertiary/aromatic N) is 1. The van der Waals surface area contributed by atoms with E-state index in [4.69, 9.17) is 5.73 Å². The van der Waals surface area contributed by atoms with Crippen LogP contribution in [-0.2, 0) is 0 Å². The third kappa shape index (κ3) is 4.22. The summed E-state index contributed by atoms with van der Waals surface area (Å²) in [5.41, 5.74) is 5.19. The second-order valence-electron chi connectivity index (χ2n) is 4.04. The molecule has 0 aromatic rings. The molecule has 0 saturated heterocycles. The Hall–Kier alpha value is -0.550. The quantitative estimate of drug-likeness (QED) is 0.739. The van der Waals surface area contributed by atoms with Crippen LogP contribution >= 0.6 is 0 Å². The molecule has 1 rings (SSSR count).